The molecule has 1 aliphatic rings. The lowest BCUT2D eigenvalue weighted by molar-refractivity contribution is 0.0938. The van der Waals surface area contributed by atoms with Crippen molar-refractivity contribution in [3.8, 4) is 0 Å². The van der Waals surface area contributed by atoms with Gasteiger partial charge >= 0.3 is 5.69 Å². The van der Waals surface area contributed by atoms with E-state index in [1.54, 1.807) is 72.9 Å². The summed E-state index contributed by atoms with van der Waals surface area (Å²) < 4.78 is 4.09. The lowest BCUT2D eigenvalue weighted by Crippen LogP contribution is -2.40. The van der Waals surface area contributed by atoms with E-state index in [2.05, 4.69) is 10.3 Å². The molecule has 1 fully saturated rings. The van der Waals surface area contributed by atoms with Crippen LogP contribution in [0.25, 0.3) is 16.6 Å². The second-order valence-corrected chi connectivity index (χ2v) is 9.94. The largest absolute Gasteiger partial charge is 0.349 e. The molecule has 5 aromatic rings. The molecule has 3 aromatic heterocycles. The van der Waals surface area contributed by atoms with Crippen molar-refractivity contribution in [1.29, 1.82) is 0 Å². The monoisotopic (exact) mass is 521 g/mol. The zero-order chi connectivity index (χ0) is 26.9. The number of nitrogens with one attached hydrogen (secondary N) is 1. The maximum absolute atomic E-state index is 13.7. The van der Waals surface area contributed by atoms with Crippen molar-refractivity contribution in [2.75, 3.05) is 0 Å². The molecule has 6 rings (SSSR count). The molecule has 0 aliphatic heterocycles. The molecule has 9 heteroatoms. The van der Waals surface area contributed by atoms with Crippen molar-refractivity contribution < 1.29 is 4.79 Å². The van der Waals surface area contributed by atoms with Gasteiger partial charge in [0.15, 0.2) is 0 Å². The van der Waals surface area contributed by atoms with Gasteiger partial charge in [-0.3, -0.25) is 27.9 Å². The van der Waals surface area contributed by atoms with Crippen LogP contribution in [-0.2, 0) is 13.1 Å². The number of carbonyl (C=O) groups excluding carboxylic acids is 1. The van der Waals surface area contributed by atoms with Crippen molar-refractivity contribution in [3.05, 3.63) is 127 Å². The van der Waals surface area contributed by atoms with Crippen LogP contribution in [0.4, 0.5) is 0 Å². The highest BCUT2D eigenvalue weighted by Crippen LogP contribution is 2.18. The van der Waals surface area contributed by atoms with Gasteiger partial charge < -0.3 is 5.32 Å². The first-order valence-corrected chi connectivity index (χ1v) is 13.1. The van der Waals surface area contributed by atoms with Crippen molar-refractivity contribution >= 4 is 22.5 Å². The number of carbonyl (C=O) groups is 1. The third kappa shape index (κ3) is 4.79. The fourth-order valence-corrected chi connectivity index (χ4v) is 5.29. The van der Waals surface area contributed by atoms with Crippen molar-refractivity contribution in [1.82, 2.24) is 23.8 Å². The smallest absolute Gasteiger partial charge is 0.332 e. The Balaban J connectivity index is 1.35. The van der Waals surface area contributed by atoms with E-state index >= 15 is 0 Å². The molecule has 3 heterocycles. The summed E-state index contributed by atoms with van der Waals surface area (Å²) >= 11 is 0. The Morgan fingerprint density at radius 3 is 2.41 bits per heavy atom. The number of nitrogens with zero attached hydrogens (tertiary/aromatic N) is 4. The summed E-state index contributed by atoms with van der Waals surface area (Å²) in [6.45, 7) is 0.0708. The number of fused-ring (bicyclic) bond motifs is 2. The highest BCUT2D eigenvalue weighted by atomic mass is 16.2. The van der Waals surface area contributed by atoms with Crippen LogP contribution in [0.3, 0.4) is 0 Å². The fourth-order valence-electron chi connectivity index (χ4n) is 5.29. The number of para-hydroxylation sites is 1. The van der Waals surface area contributed by atoms with Gasteiger partial charge in [-0.25, -0.2) is 9.78 Å². The van der Waals surface area contributed by atoms with E-state index in [0.29, 0.717) is 27.8 Å². The van der Waals surface area contributed by atoms with Crippen LogP contribution >= 0.6 is 0 Å². The standard InChI is InChI=1S/C30H27N5O4/c36-27-17-23(31-26-11-5-6-16-33(26)27)19-34-25-10-4-3-9-24(25)29(38)35(30(34)39)18-20-12-14-21(15-13-20)28(37)32-22-7-1-2-8-22/h3-6,9-17,22H,1-2,7-8,18-19H2,(H,32,37). The Labute approximate surface area is 223 Å². The minimum atomic E-state index is -0.503. The number of benzene rings is 2. The van der Waals surface area contributed by atoms with Crippen LogP contribution in [0.2, 0.25) is 0 Å². The number of amides is 1. The minimum Gasteiger partial charge on any atom is -0.349 e. The minimum absolute atomic E-state index is 0.0283. The first kappa shape index (κ1) is 24.5. The van der Waals surface area contributed by atoms with E-state index in [9.17, 15) is 19.2 Å². The maximum Gasteiger partial charge on any atom is 0.332 e. The predicted molar refractivity (Wildman–Crippen MR) is 148 cm³/mol. The van der Waals surface area contributed by atoms with Crippen molar-refractivity contribution in [2.24, 2.45) is 0 Å². The first-order valence-electron chi connectivity index (χ1n) is 13.1. The Morgan fingerprint density at radius 1 is 0.872 bits per heavy atom. The third-order valence-corrected chi connectivity index (χ3v) is 7.32. The average molecular weight is 522 g/mol. The lowest BCUT2D eigenvalue weighted by atomic mass is 10.1. The van der Waals surface area contributed by atoms with Crippen LogP contribution in [0.5, 0.6) is 0 Å². The average Bonchev–Trinajstić information content (AvgIpc) is 3.47. The van der Waals surface area contributed by atoms with E-state index in [-0.39, 0.29) is 30.6 Å². The Morgan fingerprint density at radius 2 is 1.62 bits per heavy atom. The zero-order valence-electron chi connectivity index (χ0n) is 21.2. The molecule has 2 aromatic carbocycles. The summed E-state index contributed by atoms with van der Waals surface area (Å²) in [7, 11) is 0. The molecule has 1 aliphatic carbocycles. The first-order chi connectivity index (χ1) is 19.0. The molecule has 0 atom stereocenters. The summed E-state index contributed by atoms with van der Waals surface area (Å²) in [5.74, 6) is -0.113. The highest BCUT2D eigenvalue weighted by molar-refractivity contribution is 5.94. The molecule has 0 bridgehead atoms. The molecule has 0 radical (unpaired) electrons. The van der Waals surface area contributed by atoms with E-state index in [0.717, 1.165) is 31.2 Å². The second-order valence-electron chi connectivity index (χ2n) is 9.94. The van der Waals surface area contributed by atoms with Gasteiger partial charge in [0.25, 0.3) is 17.0 Å². The quantitative estimate of drug-likeness (QED) is 0.370. The molecule has 1 amide bonds. The molecule has 196 valence electrons. The van der Waals surface area contributed by atoms with Crippen LogP contribution < -0.4 is 22.1 Å². The van der Waals surface area contributed by atoms with Crippen LogP contribution in [0, 0.1) is 0 Å². The van der Waals surface area contributed by atoms with Crippen LogP contribution in [0.1, 0.15) is 47.3 Å². The van der Waals surface area contributed by atoms with Crippen LogP contribution in [-0.4, -0.2) is 30.5 Å². The maximum atomic E-state index is 13.7. The highest BCUT2D eigenvalue weighted by Gasteiger charge is 2.18. The molecule has 0 saturated heterocycles. The summed E-state index contributed by atoms with van der Waals surface area (Å²) in [4.78, 5) is 56.8. The van der Waals surface area contributed by atoms with Gasteiger partial charge in [0.2, 0.25) is 0 Å². The zero-order valence-corrected chi connectivity index (χ0v) is 21.2. The number of rotatable bonds is 6. The van der Waals surface area contributed by atoms with Gasteiger partial charge in [0, 0.05) is 23.9 Å². The summed E-state index contributed by atoms with van der Waals surface area (Å²) in [6.07, 6.45) is 5.92. The molecule has 39 heavy (non-hydrogen) atoms. The summed E-state index contributed by atoms with van der Waals surface area (Å²) in [6, 6.07) is 20.8. The number of hydrogen-bond donors (Lipinski definition) is 1. The lowest BCUT2D eigenvalue weighted by Gasteiger charge is -2.15. The Hall–Kier alpha value is -4.79. The molecule has 0 unspecified atom stereocenters. The van der Waals surface area contributed by atoms with E-state index in [1.807, 2.05) is 0 Å². The van der Waals surface area contributed by atoms with E-state index < -0.39 is 11.2 Å². The number of aromatic nitrogens is 4. The third-order valence-electron chi connectivity index (χ3n) is 7.32. The molecular weight excluding hydrogens is 494 g/mol. The fraction of sp³-hybridized carbons (Fsp3) is 0.233. The Bertz CT molecular complexity index is 1880. The van der Waals surface area contributed by atoms with Gasteiger partial charge in [-0.2, -0.15) is 0 Å². The van der Waals surface area contributed by atoms with Gasteiger partial charge in [-0.05, 0) is 54.8 Å². The SMILES string of the molecule is O=C(NC1CCCC1)c1ccc(Cn2c(=O)c3ccccc3n(Cc3cc(=O)n4ccccc4n3)c2=O)cc1. The normalized spacial score (nSPS) is 13.7. The molecule has 1 saturated carbocycles. The van der Waals surface area contributed by atoms with Crippen molar-refractivity contribution in [2.45, 2.75) is 44.8 Å². The predicted octanol–water partition coefficient (Wildman–Crippen LogP) is 2.94. The van der Waals surface area contributed by atoms with E-state index in [4.69, 9.17) is 0 Å². The van der Waals surface area contributed by atoms with Gasteiger partial charge in [-0.1, -0.05) is 43.2 Å². The molecule has 1 N–H and O–H groups in total. The van der Waals surface area contributed by atoms with Gasteiger partial charge in [-0.15, -0.1) is 0 Å². The summed E-state index contributed by atoms with van der Waals surface area (Å²) in [5.41, 5.74) is 1.47. The van der Waals surface area contributed by atoms with E-state index in [1.165, 1.54) is 19.6 Å². The topological polar surface area (TPSA) is 107 Å². The molecular formula is C30H27N5O4. The Kier molecular flexibility index (Phi) is 6.40. The van der Waals surface area contributed by atoms with Gasteiger partial charge in [0.1, 0.15) is 5.65 Å². The number of pyridine rings is 1. The van der Waals surface area contributed by atoms with Crippen molar-refractivity contribution in [3.63, 3.8) is 0 Å². The summed E-state index contributed by atoms with van der Waals surface area (Å²) in [5, 5.41) is 3.46. The van der Waals surface area contributed by atoms with Gasteiger partial charge in [0.05, 0.1) is 29.7 Å². The molecule has 0 spiro atoms. The number of hydrogen-bond acceptors (Lipinski definition) is 5. The second kappa shape index (κ2) is 10.2. The molecule has 9 nitrogen and oxygen atoms in total. The van der Waals surface area contributed by atoms with Crippen LogP contribution in [0.15, 0.2) is 93.4 Å².